The van der Waals surface area contributed by atoms with Gasteiger partial charge in [-0.3, -0.25) is 4.90 Å². The van der Waals surface area contributed by atoms with Crippen LogP contribution in [0.5, 0.6) is 5.75 Å². The van der Waals surface area contributed by atoms with Gasteiger partial charge in [0.25, 0.3) is 0 Å². The van der Waals surface area contributed by atoms with E-state index >= 15 is 0 Å². The van der Waals surface area contributed by atoms with Gasteiger partial charge in [-0.15, -0.1) is 0 Å². The molecule has 188 valence electrons. The molecule has 4 rings (SSSR count). The number of nitrogens with one attached hydrogen (secondary N) is 1. The number of hydrogen-bond acceptors (Lipinski definition) is 9. The number of aromatic nitrogens is 2. The summed E-state index contributed by atoms with van der Waals surface area (Å²) in [5.74, 6) is 0.294. The molecule has 1 unspecified atom stereocenters. The van der Waals surface area contributed by atoms with Crippen LogP contribution in [0.1, 0.15) is 5.89 Å². The lowest BCUT2D eigenvalue weighted by atomic mass is 10.2. The first-order valence-corrected chi connectivity index (χ1v) is 12.6. The van der Waals surface area contributed by atoms with Crippen LogP contribution in [0.15, 0.2) is 51.9 Å². The first kappa shape index (κ1) is 25.0. The van der Waals surface area contributed by atoms with Crippen molar-refractivity contribution in [1.82, 2.24) is 19.3 Å². The van der Waals surface area contributed by atoms with Gasteiger partial charge in [0.2, 0.25) is 21.7 Å². The molecule has 1 saturated heterocycles. The molecule has 12 heteroatoms. The Morgan fingerprint density at radius 2 is 1.89 bits per heavy atom. The number of benzene rings is 2. The third-order valence-corrected chi connectivity index (χ3v) is 7.67. The first-order chi connectivity index (χ1) is 16.8. The van der Waals surface area contributed by atoms with Gasteiger partial charge in [-0.2, -0.15) is 9.29 Å². The molecule has 2 aromatic carbocycles. The van der Waals surface area contributed by atoms with Gasteiger partial charge in [0.05, 0.1) is 18.1 Å². The predicted octanol–water partition coefficient (Wildman–Crippen LogP) is 1.97. The van der Waals surface area contributed by atoms with Crippen LogP contribution in [0.4, 0.5) is 10.1 Å². The van der Waals surface area contributed by atoms with Crippen LogP contribution in [0.2, 0.25) is 0 Å². The SMILES string of the molecule is COc1ccc(S(=O)(=O)N2CCN(CC(O)CNc3ccc(-c4noc(C)n4)cc3)CC2)cc1F. The number of methoxy groups -OCH3 is 1. The fourth-order valence-electron chi connectivity index (χ4n) is 3.86. The van der Waals surface area contributed by atoms with E-state index < -0.39 is 21.9 Å². The minimum Gasteiger partial charge on any atom is -0.494 e. The number of nitrogens with zero attached hydrogens (tertiary/aromatic N) is 4. The average Bonchev–Trinajstić information content (AvgIpc) is 3.29. The summed E-state index contributed by atoms with van der Waals surface area (Å²) in [5.41, 5.74) is 1.67. The van der Waals surface area contributed by atoms with E-state index in [1.165, 1.54) is 23.5 Å². The highest BCUT2D eigenvalue weighted by molar-refractivity contribution is 7.89. The van der Waals surface area contributed by atoms with Gasteiger partial charge in [-0.05, 0) is 42.5 Å². The number of halogens is 1. The molecule has 0 amide bonds. The Morgan fingerprint density at radius 3 is 2.49 bits per heavy atom. The highest BCUT2D eigenvalue weighted by Gasteiger charge is 2.29. The Hall–Kier alpha value is -3.06. The van der Waals surface area contributed by atoms with Crippen LogP contribution >= 0.6 is 0 Å². The van der Waals surface area contributed by atoms with E-state index in [4.69, 9.17) is 9.26 Å². The summed E-state index contributed by atoms with van der Waals surface area (Å²) < 4.78 is 50.9. The van der Waals surface area contributed by atoms with Crippen molar-refractivity contribution < 1.29 is 27.2 Å². The fraction of sp³-hybridized carbons (Fsp3) is 0.391. The van der Waals surface area contributed by atoms with Gasteiger partial charge in [0.15, 0.2) is 11.6 Å². The summed E-state index contributed by atoms with van der Waals surface area (Å²) in [4.78, 5) is 6.10. The third-order valence-electron chi connectivity index (χ3n) is 5.77. The van der Waals surface area contributed by atoms with Crippen LogP contribution in [0.25, 0.3) is 11.4 Å². The molecular formula is C23H28FN5O5S. The highest BCUT2D eigenvalue weighted by Crippen LogP contribution is 2.24. The summed E-state index contributed by atoms with van der Waals surface area (Å²) in [5, 5.41) is 17.5. The molecule has 1 aliphatic heterocycles. The zero-order valence-electron chi connectivity index (χ0n) is 19.5. The minimum absolute atomic E-state index is 0.00521. The maximum Gasteiger partial charge on any atom is 0.243 e. The van der Waals surface area contributed by atoms with Crippen molar-refractivity contribution in [2.24, 2.45) is 0 Å². The van der Waals surface area contributed by atoms with Crippen molar-refractivity contribution in [2.45, 2.75) is 17.9 Å². The lowest BCUT2D eigenvalue weighted by Gasteiger charge is -2.35. The molecule has 1 aliphatic rings. The number of anilines is 1. The van der Waals surface area contributed by atoms with Crippen molar-refractivity contribution >= 4 is 15.7 Å². The van der Waals surface area contributed by atoms with Gasteiger partial charge in [0, 0.05) is 57.4 Å². The van der Waals surface area contributed by atoms with Gasteiger partial charge >= 0.3 is 0 Å². The second-order valence-electron chi connectivity index (χ2n) is 8.25. The number of sulfonamides is 1. The standard InChI is InChI=1S/C23H28FN5O5S/c1-16-26-23(27-34-16)17-3-5-18(6-4-17)25-14-19(30)15-28-9-11-29(12-10-28)35(31,32)20-7-8-22(33-2)21(24)13-20/h3-8,13,19,25,30H,9-12,14-15H2,1-2H3. The number of ether oxygens (including phenoxy) is 1. The highest BCUT2D eigenvalue weighted by atomic mass is 32.2. The molecule has 0 saturated carbocycles. The number of aryl methyl sites for hydroxylation is 1. The molecule has 1 aromatic heterocycles. The zero-order chi connectivity index (χ0) is 25.0. The third kappa shape index (κ3) is 5.96. The topological polar surface area (TPSA) is 121 Å². The maximum atomic E-state index is 14.0. The monoisotopic (exact) mass is 505 g/mol. The van der Waals surface area contributed by atoms with Crippen molar-refractivity contribution in [3.05, 3.63) is 54.2 Å². The van der Waals surface area contributed by atoms with Crippen LogP contribution < -0.4 is 10.1 Å². The van der Waals surface area contributed by atoms with Crippen molar-refractivity contribution in [1.29, 1.82) is 0 Å². The second-order valence-corrected chi connectivity index (χ2v) is 10.2. The number of aliphatic hydroxyl groups excluding tert-OH is 1. The van der Waals surface area contributed by atoms with Gasteiger partial charge in [-0.1, -0.05) is 5.16 Å². The zero-order valence-corrected chi connectivity index (χ0v) is 20.3. The van der Waals surface area contributed by atoms with Gasteiger partial charge < -0.3 is 19.7 Å². The molecule has 0 spiro atoms. The summed E-state index contributed by atoms with van der Waals surface area (Å²) in [6.07, 6.45) is -0.645. The predicted molar refractivity (Wildman–Crippen MR) is 127 cm³/mol. The molecular weight excluding hydrogens is 477 g/mol. The minimum atomic E-state index is -3.81. The molecule has 3 aromatic rings. The lowest BCUT2D eigenvalue weighted by molar-refractivity contribution is 0.0994. The molecule has 1 atom stereocenters. The smallest absolute Gasteiger partial charge is 0.243 e. The van der Waals surface area contributed by atoms with Crippen molar-refractivity contribution in [2.75, 3.05) is 51.7 Å². The molecule has 0 radical (unpaired) electrons. The summed E-state index contributed by atoms with van der Waals surface area (Å²) >= 11 is 0. The number of hydrogen-bond donors (Lipinski definition) is 2. The number of rotatable bonds is 9. The molecule has 10 nitrogen and oxygen atoms in total. The van der Waals surface area contributed by atoms with Gasteiger partial charge in [-0.25, -0.2) is 12.8 Å². The number of aliphatic hydroxyl groups is 1. The Morgan fingerprint density at radius 1 is 1.17 bits per heavy atom. The fourth-order valence-corrected chi connectivity index (χ4v) is 5.30. The Balaban J connectivity index is 1.24. The van der Waals surface area contributed by atoms with Crippen molar-refractivity contribution in [3.8, 4) is 17.1 Å². The first-order valence-electron chi connectivity index (χ1n) is 11.1. The van der Waals surface area contributed by atoms with Crippen LogP contribution in [0.3, 0.4) is 0 Å². The molecule has 1 fully saturated rings. The normalized spacial score (nSPS) is 16.2. The summed E-state index contributed by atoms with van der Waals surface area (Å²) in [7, 11) is -2.48. The Kier molecular flexibility index (Phi) is 7.65. The van der Waals surface area contributed by atoms with Crippen LogP contribution in [-0.2, 0) is 10.0 Å². The number of piperazine rings is 1. The molecule has 0 bridgehead atoms. The molecule has 2 heterocycles. The van der Waals surface area contributed by atoms with E-state index in [-0.39, 0.29) is 23.7 Å². The molecule has 35 heavy (non-hydrogen) atoms. The summed E-state index contributed by atoms with van der Waals surface area (Å²) in [6, 6.07) is 11.1. The molecule has 2 N–H and O–H groups in total. The Bertz CT molecular complexity index is 1240. The van der Waals surface area contributed by atoms with Crippen molar-refractivity contribution in [3.63, 3.8) is 0 Å². The lowest BCUT2D eigenvalue weighted by Crippen LogP contribution is -2.50. The van der Waals surface area contributed by atoms with Crippen LogP contribution in [-0.4, -0.2) is 85.4 Å². The van der Waals surface area contributed by atoms with Crippen LogP contribution in [0, 0.1) is 12.7 Å². The van der Waals surface area contributed by atoms with E-state index in [0.29, 0.717) is 37.9 Å². The van der Waals surface area contributed by atoms with E-state index in [0.717, 1.165) is 17.3 Å². The number of β-amino-alcohol motifs (C(OH)–C–C–N with tert-alkyl or cyclic N) is 1. The maximum absolute atomic E-state index is 14.0. The quantitative estimate of drug-likeness (QED) is 0.450. The summed E-state index contributed by atoms with van der Waals surface area (Å²) in [6.45, 7) is 3.92. The molecule has 0 aliphatic carbocycles. The Labute approximate surface area is 203 Å². The van der Waals surface area contributed by atoms with Gasteiger partial charge in [0.1, 0.15) is 0 Å². The van der Waals surface area contributed by atoms with E-state index in [2.05, 4.69) is 15.5 Å². The average molecular weight is 506 g/mol. The second kappa shape index (κ2) is 10.7. The van der Waals surface area contributed by atoms with E-state index in [1.54, 1.807) is 6.92 Å². The van der Waals surface area contributed by atoms with E-state index in [9.17, 15) is 17.9 Å². The van der Waals surface area contributed by atoms with E-state index in [1.807, 2.05) is 29.2 Å². The largest absolute Gasteiger partial charge is 0.494 e.